The van der Waals surface area contributed by atoms with Crippen LogP contribution in [0.1, 0.15) is 16.1 Å². The van der Waals surface area contributed by atoms with Gasteiger partial charge in [0.25, 0.3) is 0 Å². The molecule has 0 aliphatic rings. The van der Waals surface area contributed by atoms with Crippen molar-refractivity contribution in [2.45, 2.75) is 19.6 Å². The third-order valence-corrected chi connectivity index (χ3v) is 3.57. The molecule has 2 rings (SSSR count). The van der Waals surface area contributed by atoms with Crippen LogP contribution in [0.25, 0.3) is 0 Å². The highest BCUT2D eigenvalue weighted by Crippen LogP contribution is 2.36. The number of nitrogens with one attached hydrogen (secondary N) is 1. The lowest BCUT2D eigenvalue weighted by Gasteiger charge is -2.15. The summed E-state index contributed by atoms with van der Waals surface area (Å²) >= 11 is 1.41. The summed E-state index contributed by atoms with van der Waals surface area (Å²) in [5, 5.41) is 2.79. The van der Waals surface area contributed by atoms with E-state index in [0.29, 0.717) is 6.54 Å². The van der Waals surface area contributed by atoms with Crippen LogP contribution in [0.2, 0.25) is 0 Å². The van der Waals surface area contributed by atoms with Crippen molar-refractivity contribution >= 4 is 22.7 Å². The van der Waals surface area contributed by atoms with Crippen molar-refractivity contribution in [2.75, 3.05) is 11.1 Å². The highest BCUT2D eigenvalue weighted by Gasteiger charge is 2.33. The van der Waals surface area contributed by atoms with Gasteiger partial charge in [0.2, 0.25) is 0 Å². The Morgan fingerprint density at radius 2 is 2.11 bits per heavy atom. The molecule has 102 valence electrons. The fraction of sp³-hybridized carbons (Fsp3) is 0.250. The monoisotopic (exact) mass is 287 g/mol. The first-order chi connectivity index (χ1) is 8.88. The number of hydrogen-bond acceptors (Lipinski definition) is 4. The van der Waals surface area contributed by atoms with E-state index in [9.17, 15) is 13.2 Å². The maximum absolute atomic E-state index is 12.9. The number of rotatable bonds is 3. The highest BCUT2D eigenvalue weighted by molar-refractivity contribution is 7.09. The molecule has 2 aromatic rings. The minimum absolute atomic E-state index is 0.0227. The molecule has 0 atom stereocenters. The maximum Gasteiger partial charge on any atom is 0.418 e. The lowest BCUT2D eigenvalue weighted by molar-refractivity contribution is -0.136. The second-order valence-electron chi connectivity index (χ2n) is 4.02. The van der Waals surface area contributed by atoms with Gasteiger partial charge in [-0.15, -0.1) is 11.3 Å². The zero-order valence-electron chi connectivity index (χ0n) is 10.1. The summed E-state index contributed by atoms with van der Waals surface area (Å²) in [6.07, 6.45) is -4.43. The van der Waals surface area contributed by atoms with Crippen LogP contribution >= 0.6 is 11.3 Å². The SMILES string of the molecule is Cc1ncsc1CNc1ccc(N)cc1C(F)(F)F. The number of alkyl halides is 3. The third kappa shape index (κ3) is 3.17. The quantitative estimate of drug-likeness (QED) is 0.847. The number of aryl methyl sites for hydroxylation is 1. The highest BCUT2D eigenvalue weighted by atomic mass is 32.1. The molecule has 0 aliphatic heterocycles. The van der Waals surface area contributed by atoms with Gasteiger partial charge in [-0.1, -0.05) is 0 Å². The first-order valence-corrected chi connectivity index (χ1v) is 6.35. The minimum atomic E-state index is -4.43. The predicted octanol–water partition coefficient (Wildman–Crippen LogP) is 3.66. The molecule has 0 fully saturated rings. The minimum Gasteiger partial charge on any atom is -0.399 e. The number of hydrogen-bond donors (Lipinski definition) is 2. The van der Waals surface area contributed by atoms with E-state index in [0.717, 1.165) is 16.6 Å². The summed E-state index contributed by atoms with van der Waals surface area (Å²) in [7, 11) is 0. The Morgan fingerprint density at radius 3 is 2.68 bits per heavy atom. The average Bonchev–Trinajstić information content (AvgIpc) is 2.72. The molecule has 1 aromatic heterocycles. The lowest BCUT2D eigenvalue weighted by atomic mass is 10.1. The normalized spacial score (nSPS) is 11.6. The summed E-state index contributed by atoms with van der Waals surface area (Å²) in [5.41, 5.74) is 7.25. The summed E-state index contributed by atoms with van der Waals surface area (Å²) in [5.74, 6) is 0. The van der Waals surface area contributed by atoms with E-state index in [4.69, 9.17) is 5.73 Å². The number of anilines is 2. The molecule has 0 amide bonds. The van der Waals surface area contributed by atoms with E-state index in [2.05, 4.69) is 10.3 Å². The molecule has 1 heterocycles. The topological polar surface area (TPSA) is 50.9 Å². The molecule has 0 unspecified atom stereocenters. The molecule has 0 spiro atoms. The van der Waals surface area contributed by atoms with Crippen LogP contribution < -0.4 is 11.1 Å². The molecule has 19 heavy (non-hydrogen) atoms. The van der Waals surface area contributed by atoms with Crippen molar-refractivity contribution in [2.24, 2.45) is 0 Å². The Morgan fingerprint density at radius 1 is 1.37 bits per heavy atom. The molecule has 0 bridgehead atoms. The summed E-state index contributed by atoms with van der Waals surface area (Å²) in [4.78, 5) is 4.96. The van der Waals surface area contributed by atoms with Crippen molar-refractivity contribution in [3.8, 4) is 0 Å². The van der Waals surface area contributed by atoms with Crippen molar-refractivity contribution < 1.29 is 13.2 Å². The summed E-state index contributed by atoms with van der Waals surface area (Å²) < 4.78 is 38.6. The number of nitrogens with two attached hydrogens (primary N) is 1. The average molecular weight is 287 g/mol. The van der Waals surface area contributed by atoms with Gasteiger partial charge in [-0.3, -0.25) is 0 Å². The van der Waals surface area contributed by atoms with Crippen molar-refractivity contribution in [1.82, 2.24) is 4.98 Å². The number of nitrogen functional groups attached to an aromatic ring is 1. The van der Waals surface area contributed by atoms with Gasteiger partial charge in [0.1, 0.15) is 0 Å². The molecule has 3 N–H and O–H groups in total. The zero-order valence-corrected chi connectivity index (χ0v) is 10.9. The standard InChI is InChI=1S/C12H12F3N3S/c1-7-11(19-6-18-7)5-17-10-3-2-8(16)4-9(10)12(13,14)15/h2-4,6,17H,5,16H2,1H3. The predicted molar refractivity (Wildman–Crippen MR) is 70.0 cm³/mol. The maximum atomic E-state index is 12.9. The summed E-state index contributed by atoms with van der Waals surface area (Å²) in [6.45, 7) is 2.13. The summed E-state index contributed by atoms with van der Waals surface area (Å²) in [6, 6.07) is 3.72. The first-order valence-electron chi connectivity index (χ1n) is 5.47. The van der Waals surface area contributed by atoms with Crippen LogP contribution in [0.4, 0.5) is 24.5 Å². The molecule has 3 nitrogen and oxygen atoms in total. The number of halogens is 3. The Kier molecular flexibility index (Phi) is 3.66. The molecule has 0 saturated heterocycles. The van der Waals surface area contributed by atoms with Crippen molar-refractivity contribution in [1.29, 1.82) is 0 Å². The fourth-order valence-electron chi connectivity index (χ4n) is 1.62. The molecule has 0 saturated carbocycles. The first kappa shape index (κ1) is 13.7. The molecule has 0 aliphatic carbocycles. The molecular formula is C12H12F3N3S. The van der Waals surface area contributed by atoms with Crippen LogP contribution in [-0.4, -0.2) is 4.98 Å². The van der Waals surface area contributed by atoms with Crippen LogP contribution in [0.15, 0.2) is 23.7 Å². The van der Waals surface area contributed by atoms with Crippen LogP contribution in [-0.2, 0) is 12.7 Å². The lowest BCUT2D eigenvalue weighted by Crippen LogP contribution is -2.11. The van der Waals surface area contributed by atoms with Gasteiger partial charge in [-0.25, -0.2) is 4.98 Å². The molecular weight excluding hydrogens is 275 g/mol. The Balaban J connectivity index is 2.23. The van der Waals surface area contributed by atoms with E-state index in [1.54, 1.807) is 5.51 Å². The van der Waals surface area contributed by atoms with Gasteiger partial charge in [0, 0.05) is 16.3 Å². The van der Waals surface area contributed by atoms with E-state index < -0.39 is 11.7 Å². The van der Waals surface area contributed by atoms with Gasteiger partial charge in [0.15, 0.2) is 0 Å². The Hall–Kier alpha value is -1.76. The zero-order chi connectivity index (χ0) is 14.0. The molecule has 7 heteroatoms. The number of nitrogens with zero attached hydrogens (tertiary/aromatic N) is 1. The van der Waals surface area contributed by atoms with Gasteiger partial charge in [0.05, 0.1) is 23.3 Å². The number of thiazole rings is 1. The van der Waals surface area contributed by atoms with Gasteiger partial charge in [-0.2, -0.15) is 13.2 Å². The van der Waals surface area contributed by atoms with Crippen molar-refractivity contribution in [3.63, 3.8) is 0 Å². The number of benzene rings is 1. The van der Waals surface area contributed by atoms with Crippen LogP contribution in [0.3, 0.4) is 0 Å². The van der Waals surface area contributed by atoms with Gasteiger partial charge < -0.3 is 11.1 Å². The van der Waals surface area contributed by atoms with E-state index in [1.807, 2.05) is 6.92 Å². The van der Waals surface area contributed by atoms with Crippen LogP contribution in [0, 0.1) is 6.92 Å². The Labute approximate surface area is 112 Å². The second kappa shape index (κ2) is 5.08. The largest absolute Gasteiger partial charge is 0.418 e. The molecule has 1 aromatic carbocycles. The third-order valence-electron chi connectivity index (χ3n) is 2.63. The number of aromatic nitrogens is 1. The van der Waals surface area contributed by atoms with Gasteiger partial charge >= 0.3 is 6.18 Å². The Bertz CT molecular complexity index is 578. The smallest absolute Gasteiger partial charge is 0.399 e. The van der Waals surface area contributed by atoms with E-state index >= 15 is 0 Å². The van der Waals surface area contributed by atoms with E-state index in [1.165, 1.54) is 23.5 Å². The van der Waals surface area contributed by atoms with E-state index in [-0.39, 0.29) is 11.4 Å². The molecule has 0 radical (unpaired) electrons. The second-order valence-corrected chi connectivity index (χ2v) is 4.96. The van der Waals surface area contributed by atoms with Crippen molar-refractivity contribution in [3.05, 3.63) is 39.8 Å². The van der Waals surface area contributed by atoms with Gasteiger partial charge in [-0.05, 0) is 25.1 Å². The van der Waals surface area contributed by atoms with Crippen LogP contribution in [0.5, 0.6) is 0 Å². The fourth-order valence-corrected chi connectivity index (χ4v) is 2.34.